The Balaban J connectivity index is 0.000000913. The van der Waals surface area contributed by atoms with Gasteiger partial charge in [0.1, 0.15) is 0 Å². The highest BCUT2D eigenvalue weighted by Crippen LogP contribution is 2.40. The van der Waals surface area contributed by atoms with Gasteiger partial charge in [-0.05, 0) is 69.7 Å². The summed E-state index contributed by atoms with van der Waals surface area (Å²) in [6.07, 6.45) is 4.89. The zero-order valence-corrected chi connectivity index (χ0v) is 19.1. The number of esters is 1. The van der Waals surface area contributed by atoms with E-state index in [9.17, 15) is 9.59 Å². The van der Waals surface area contributed by atoms with Gasteiger partial charge < -0.3 is 24.4 Å². The van der Waals surface area contributed by atoms with Gasteiger partial charge in [0.05, 0.1) is 24.3 Å². The third-order valence-corrected chi connectivity index (χ3v) is 6.84. The lowest BCUT2D eigenvalue weighted by molar-refractivity contribution is -0.122. The van der Waals surface area contributed by atoms with Crippen molar-refractivity contribution in [1.29, 1.82) is 0 Å². The zero-order valence-electron chi connectivity index (χ0n) is 19.1. The number of hydrogen-bond acceptors (Lipinski definition) is 6. The van der Waals surface area contributed by atoms with Gasteiger partial charge in [-0.25, -0.2) is 4.79 Å². The molecular weight excluding hydrogens is 412 g/mol. The molecule has 2 aliphatic carbocycles. The first kappa shape index (κ1) is 24.2. The van der Waals surface area contributed by atoms with Crippen molar-refractivity contribution in [3.8, 4) is 0 Å². The number of benzene rings is 1. The van der Waals surface area contributed by atoms with Crippen LogP contribution in [0.5, 0.6) is 0 Å². The molecule has 3 fully saturated rings. The summed E-state index contributed by atoms with van der Waals surface area (Å²) >= 11 is 0. The summed E-state index contributed by atoms with van der Waals surface area (Å²) in [7, 11) is 5.60. The lowest BCUT2D eigenvalue weighted by Gasteiger charge is -2.41. The molecule has 4 atom stereocenters. The second-order valence-electron chi connectivity index (χ2n) is 9.19. The van der Waals surface area contributed by atoms with E-state index in [0.29, 0.717) is 29.0 Å². The summed E-state index contributed by atoms with van der Waals surface area (Å²) in [4.78, 5) is 37.9. The fourth-order valence-corrected chi connectivity index (χ4v) is 4.95. The molecule has 0 bridgehead atoms. The second-order valence-corrected chi connectivity index (χ2v) is 9.19. The average molecular weight is 447 g/mol. The van der Waals surface area contributed by atoms with E-state index in [1.54, 1.807) is 24.3 Å². The smallest absolute Gasteiger partial charge is 0.338 e. The number of carbonyl (C=O) groups excluding carboxylic acids is 2. The molecule has 1 amide bonds. The van der Waals surface area contributed by atoms with Gasteiger partial charge in [-0.15, -0.1) is 0 Å². The Morgan fingerprint density at radius 2 is 1.72 bits per heavy atom. The van der Waals surface area contributed by atoms with Gasteiger partial charge in [0, 0.05) is 25.7 Å². The summed E-state index contributed by atoms with van der Waals surface area (Å²) in [5.41, 5.74) is 0.773. The standard InChI is InChI=1S/C23H32N2O4.CH2O2/c1-24(2)20-10-16-12-25(13-17(16)11-21(20)29-14-15-8-9-15)22(26)18-6-4-5-7-19(18)23(27)28-3;2-1-3/h4-7,15-17,20-21H,8-14H2,1-3H3;1H,(H,2,3)/t16-,17+,20-,21-;/m1./s1. The second kappa shape index (κ2) is 10.9. The highest BCUT2D eigenvalue weighted by Gasteiger charge is 2.45. The van der Waals surface area contributed by atoms with Gasteiger partial charge in [-0.2, -0.15) is 0 Å². The van der Waals surface area contributed by atoms with Crippen LogP contribution >= 0.6 is 0 Å². The van der Waals surface area contributed by atoms with Gasteiger partial charge in [-0.3, -0.25) is 9.59 Å². The van der Waals surface area contributed by atoms with Crippen LogP contribution in [0.1, 0.15) is 46.4 Å². The third kappa shape index (κ3) is 5.66. The summed E-state index contributed by atoms with van der Waals surface area (Å²) < 4.78 is 11.2. The van der Waals surface area contributed by atoms with E-state index >= 15 is 0 Å². The zero-order chi connectivity index (χ0) is 23.3. The van der Waals surface area contributed by atoms with Crippen LogP contribution in [0.25, 0.3) is 0 Å². The minimum atomic E-state index is -0.466. The van der Waals surface area contributed by atoms with E-state index in [2.05, 4.69) is 19.0 Å². The Kier molecular flexibility index (Phi) is 8.26. The lowest BCUT2D eigenvalue weighted by Crippen LogP contribution is -2.48. The monoisotopic (exact) mass is 446 g/mol. The first-order valence-corrected chi connectivity index (χ1v) is 11.2. The van der Waals surface area contributed by atoms with Crippen molar-refractivity contribution in [2.45, 2.75) is 37.8 Å². The van der Waals surface area contributed by atoms with Crippen LogP contribution in [-0.2, 0) is 14.3 Å². The molecule has 8 heteroatoms. The molecule has 0 aromatic heterocycles. The predicted octanol–water partition coefficient (Wildman–Crippen LogP) is 2.38. The first-order valence-electron chi connectivity index (χ1n) is 11.2. The summed E-state index contributed by atoms with van der Waals surface area (Å²) in [5.74, 6) is 1.16. The Bertz CT molecular complexity index is 809. The molecule has 1 heterocycles. The summed E-state index contributed by atoms with van der Waals surface area (Å²) in [6.45, 7) is 2.11. The maximum atomic E-state index is 13.2. The largest absolute Gasteiger partial charge is 0.483 e. The fourth-order valence-electron chi connectivity index (χ4n) is 4.95. The first-order chi connectivity index (χ1) is 15.4. The van der Waals surface area contributed by atoms with Gasteiger partial charge in [0.15, 0.2) is 0 Å². The number of likely N-dealkylation sites (N-methyl/N-ethyl adjacent to an activating group) is 1. The Morgan fingerprint density at radius 1 is 1.12 bits per heavy atom. The molecule has 3 aliphatic rings. The number of nitrogens with zero attached hydrogens (tertiary/aromatic N) is 2. The van der Waals surface area contributed by atoms with Crippen molar-refractivity contribution in [1.82, 2.24) is 9.80 Å². The van der Waals surface area contributed by atoms with Crippen molar-refractivity contribution < 1.29 is 29.0 Å². The molecule has 4 rings (SSSR count). The summed E-state index contributed by atoms with van der Waals surface area (Å²) in [5, 5.41) is 6.89. The topological polar surface area (TPSA) is 96.4 Å². The Labute approximate surface area is 189 Å². The number of ether oxygens (including phenoxy) is 2. The molecule has 0 unspecified atom stereocenters. The van der Waals surface area contributed by atoms with Gasteiger partial charge >= 0.3 is 5.97 Å². The number of amides is 1. The van der Waals surface area contributed by atoms with Crippen molar-refractivity contribution in [3.63, 3.8) is 0 Å². The fraction of sp³-hybridized carbons (Fsp3) is 0.625. The SMILES string of the molecule is COC(=O)c1ccccc1C(=O)N1C[C@H]2C[C@@H](N(C)C)[C@H](OCC3CC3)C[C@H]2C1.O=CO. The number of fused-ring (bicyclic) bond motifs is 1. The van der Waals surface area contributed by atoms with Crippen molar-refractivity contribution in [2.75, 3.05) is 40.9 Å². The van der Waals surface area contributed by atoms with Crippen LogP contribution in [0, 0.1) is 17.8 Å². The highest BCUT2D eigenvalue weighted by molar-refractivity contribution is 6.05. The number of rotatable bonds is 6. The number of hydrogen-bond donors (Lipinski definition) is 1. The minimum absolute atomic E-state index is 0.0720. The maximum Gasteiger partial charge on any atom is 0.338 e. The predicted molar refractivity (Wildman–Crippen MR) is 119 cm³/mol. The van der Waals surface area contributed by atoms with Gasteiger partial charge in [-0.1, -0.05) is 12.1 Å². The molecule has 1 N–H and O–H groups in total. The van der Waals surface area contributed by atoms with E-state index in [0.717, 1.165) is 38.5 Å². The molecule has 32 heavy (non-hydrogen) atoms. The van der Waals surface area contributed by atoms with E-state index in [-0.39, 0.29) is 18.5 Å². The Morgan fingerprint density at radius 3 is 2.28 bits per heavy atom. The molecule has 176 valence electrons. The number of carbonyl (C=O) groups is 3. The number of likely N-dealkylation sites (tertiary alicyclic amines) is 1. The summed E-state index contributed by atoms with van der Waals surface area (Å²) in [6, 6.07) is 7.34. The van der Waals surface area contributed by atoms with Crippen LogP contribution in [0.2, 0.25) is 0 Å². The molecule has 1 aliphatic heterocycles. The Hall–Kier alpha value is -2.45. The highest BCUT2D eigenvalue weighted by atomic mass is 16.5. The maximum absolute atomic E-state index is 13.2. The molecule has 1 aromatic rings. The van der Waals surface area contributed by atoms with Crippen molar-refractivity contribution in [2.24, 2.45) is 17.8 Å². The van der Waals surface area contributed by atoms with Crippen LogP contribution in [0.15, 0.2) is 24.3 Å². The van der Waals surface area contributed by atoms with Crippen LogP contribution in [0.4, 0.5) is 0 Å². The van der Waals surface area contributed by atoms with E-state index in [1.807, 2.05) is 4.90 Å². The molecule has 1 aromatic carbocycles. The molecular formula is C24H34N2O6. The van der Waals surface area contributed by atoms with Gasteiger partial charge in [0.25, 0.3) is 12.4 Å². The number of carboxylic acid groups (broad SMARTS) is 1. The molecule has 8 nitrogen and oxygen atoms in total. The van der Waals surface area contributed by atoms with Crippen LogP contribution in [-0.4, -0.2) is 86.3 Å². The quantitative estimate of drug-likeness (QED) is 0.529. The van der Waals surface area contributed by atoms with E-state index in [4.69, 9.17) is 19.4 Å². The lowest BCUT2D eigenvalue weighted by atomic mass is 9.77. The van der Waals surface area contributed by atoms with Crippen molar-refractivity contribution >= 4 is 18.3 Å². The molecule has 1 saturated heterocycles. The molecule has 0 spiro atoms. The van der Waals surface area contributed by atoms with Crippen LogP contribution < -0.4 is 0 Å². The minimum Gasteiger partial charge on any atom is -0.483 e. The molecule has 0 radical (unpaired) electrons. The van der Waals surface area contributed by atoms with E-state index in [1.165, 1.54) is 20.0 Å². The van der Waals surface area contributed by atoms with Crippen molar-refractivity contribution in [3.05, 3.63) is 35.4 Å². The van der Waals surface area contributed by atoms with Gasteiger partial charge in [0.2, 0.25) is 0 Å². The molecule has 2 saturated carbocycles. The van der Waals surface area contributed by atoms with E-state index < -0.39 is 5.97 Å². The normalized spacial score (nSPS) is 26.7. The van der Waals surface area contributed by atoms with Crippen LogP contribution in [0.3, 0.4) is 0 Å². The average Bonchev–Trinajstić information content (AvgIpc) is 3.53. The number of methoxy groups -OCH3 is 1. The third-order valence-electron chi connectivity index (χ3n) is 6.84.